The molecule has 4 nitrogen and oxygen atoms in total. The maximum absolute atomic E-state index is 11.0. The molecule has 1 aliphatic carbocycles. The summed E-state index contributed by atoms with van der Waals surface area (Å²) >= 11 is 0. The van der Waals surface area contributed by atoms with Crippen LogP contribution in [0.15, 0.2) is 4.99 Å². The number of amides is 2. The van der Waals surface area contributed by atoms with Crippen LogP contribution < -0.4 is 0 Å². The van der Waals surface area contributed by atoms with Gasteiger partial charge in [-0.1, -0.05) is 0 Å². The van der Waals surface area contributed by atoms with Crippen molar-refractivity contribution in [3.63, 3.8) is 0 Å². The third-order valence-corrected chi connectivity index (χ3v) is 1.78. The van der Waals surface area contributed by atoms with Crippen LogP contribution in [0.1, 0.15) is 12.8 Å². The first-order valence-electron chi connectivity index (χ1n) is 3.53. The molecule has 0 aromatic carbocycles. The maximum Gasteiger partial charge on any atom is 0.479 e. The van der Waals surface area contributed by atoms with Crippen molar-refractivity contribution >= 4 is 24.2 Å². The zero-order valence-electron chi connectivity index (χ0n) is 5.86. The third-order valence-electron chi connectivity index (χ3n) is 1.78. The van der Waals surface area contributed by atoms with Gasteiger partial charge in [-0.15, -0.1) is 0 Å². The van der Waals surface area contributed by atoms with Gasteiger partial charge in [0.25, 0.3) is 0 Å². The van der Waals surface area contributed by atoms with Crippen LogP contribution in [0.3, 0.4) is 0 Å². The molecule has 56 valence electrons. The topological polar surface area (TPSA) is 49.5 Å². The van der Waals surface area contributed by atoms with E-state index in [0.717, 1.165) is 12.8 Å². The van der Waals surface area contributed by atoms with Gasteiger partial charge in [-0.2, -0.15) is 4.58 Å². The number of hydrogen-bond acceptors (Lipinski definition) is 2. The van der Waals surface area contributed by atoms with E-state index in [0.29, 0.717) is 0 Å². The molecule has 0 bridgehead atoms. The molecule has 1 fully saturated rings. The van der Waals surface area contributed by atoms with E-state index in [1.807, 2.05) is 0 Å². The lowest BCUT2D eigenvalue weighted by molar-refractivity contribution is -0.452. The lowest BCUT2D eigenvalue weighted by atomic mass is 10.4. The summed E-state index contributed by atoms with van der Waals surface area (Å²) < 4.78 is 1.47. The summed E-state index contributed by atoms with van der Waals surface area (Å²) in [6, 6.07) is 0.262. The first kappa shape index (κ1) is 6.39. The second-order valence-electron chi connectivity index (χ2n) is 2.68. The SMILES string of the molecule is O=C1N=CC=[N+](C2CC2)C1=O. The van der Waals surface area contributed by atoms with Crippen LogP contribution in [0.5, 0.6) is 0 Å². The minimum absolute atomic E-state index is 0.262. The zero-order chi connectivity index (χ0) is 7.84. The van der Waals surface area contributed by atoms with Gasteiger partial charge >= 0.3 is 11.8 Å². The van der Waals surface area contributed by atoms with Crippen LogP contribution in [0.25, 0.3) is 0 Å². The minimum Gasteiger partial charge on any atom is -0.255 e. The van der Waals surface area contributed by atoms with Crippen molar-refractivity contribution < 1.29 is 14.2 Å². The van der Waals surface area contributed by atoms with E-state index in [4.69, 9.17) is 0 Å². The average molecular weight is 151 g/mol. The summed E-state index contributed by atoms with van der Waals surface area (Å²) in [4.78, 5) is 25.1. The Bertz CT molecular complexity index is 287. The summed E-state index contributed by atoms with van der Waals surface area (Å²) in [5, 5.41) is 0. The first-order valence-corrected chi connectivity index (χ1v) is 3.53. The second kappa shape index (κ2) is 2.08. The Hall–Kier alpha value is -1.32. The van der Waals surface area contributed by atoms with Crippen LogP contribution in [0.4, 0.5) is 0 Å². The van der Waals surface area contributed by atoms with E-state index < -0.39 is 11.8 Å². The molecule has 1 saturated carbocycles. The summed E-state index contributed by atoms with van der Waals surface area (Å²) in [7, 11) is 0. The fourth-order valence-electron chi connectivity index (χ4n) is 1.05. The summed E-state index contributed by atoms with van der Waals surface area (Å²) in [6.45, 7) is 0. The zero-order valence-corrected chi connectivity index (χ0v) is 5.86. The van der Waals surface area contributed by atoms with Gasteiger partial charge in [0.1, 0.15) is 0 Å². The van der Waals surface area contributed by atoms with Crippen molar-refractivity contribution in [2.45, 2.75) is 18.9 Å². The van der Waals surface area contributed by atoms with Gasteiger partial charge in [0.05, 0.1) is 6.21 Å². The van der Waals surface area contributed by atoms with Crippen LogP contribution in [0.2, 0.25) is 0 Å². The number of aliphatic imine (C=N–C) groups is 1. The molecule has 0 aromatic rings. The van der Waals surface area contributed by atoms with Crippen LogP contribution in [-0.2, 0) is 9.59 Å². The molecule has 0 saturated heterocycles. The highest BCUT2D eigenvalue weighted by molar-refractivity contribution is 6.39. The van der Waals surface area contributed by atoms with Gasteiger partial charge in [0.15, 0.2) is 12.3 Å². The fourth-order valence-corrected chi connectivity index (χ4v) is 1.05. The first-order chi connectivity index (χ1) is 5.29. The summed E-state index contributed by atoms with van der Waals surface area (Å²) in [5.74, 6) is -1.14. The fraction of sp³-hybridized carbons (Fsp3) is 0.429. The van der Waals surface area contributed by atoms with E-state index in [-0.39, 0.29) is 6.04 Å². The molecule has 0 unspecified atom stereocenters. The molecular weight excluding hydrogens is 144 g/mol. The molecule has 4 heteroatoms. The Balaban J connectivity index is 2.30. The van der Waals surface area contributed by atoms with Gasteiger partial charge in [0.2, 0.25) is 0 Å². The van der Waals surface area contributed by atoms with E-state index >= 15 is 0 Å². The molecule has 0 atom stereocenters. The highest BCUT2D eigenvalue weighted by Gasteiger charge is 2.41. The highest BCUT2D eigenvalue weighted by Crippen LogP contribution is 2.23. The molecule has 2 amide bonds. The van der Waals surface area contributed by atoms with Crippen LogP contribution >= 0.6 is 0 Å². The summed E-state index contributed by atoms with van der Waals surface area (Å²) in [6.07, 6.45) is 4.95. The Labute approximate surface area is 63.2 Å². The standard InChI is InChI=1S/C7H7N2O2/c10-6-7(11)9(4-3-8-6)5-1-2-5/h3-5H,1-2H2/q+1. The Morgan fingerprint density at radius 1 is 1.45 bits per heavy atom. The predicted octanol–water partition coefficient (Wildman–Crippen LogP) is -0.630. The average Bonchev–Trinajstić information content (AvgIpc) is 2.77. The molecule has 1 aliphatic heterocycles. The van der Waals surface area contributed by atoms with Crippen LogP contribution in [0, 0.1) is 0 Å². The van der Waals surface area contributed by atoms with E-state index in [2.05, 4.69) is 4.99 Å². The van der Waals surface area contributed by atoms with Crippen molar-refractivity contribution in [1.82, 2.24) is 0 Å². The smallest absolute Gasteiger partial charge is 0.255 e. The molecular formula is C7H7N2O2+. The van der Waals surface area contributed by atoms with Gasteiger partial charge in [-0.3, -0.25) is 4.79 Å². The van der Waals surface area contributed by atoms with Crippen molar-refractivity contribution in [1.29, 1.82) is 0 Å². The van der Waals surface area contributed by atoms with Gasteiger partial charge in [-0.05, 0) is 0 Å². The molecule has 2 rings (SSSR count). The number of carbonyl (C=O) groups excluding carboxylic acids is 2. The van der Waals surface area contributed by atoms with Gasteiger partial charge in [0, 0.05) is 12.8 Å². The Morgan fingerprint density at radius 3 is 2.82 bits per heavy atom. The molecule has 0 spiro atoms. The largest absolute Gasteiger partial charge is 0.479 e. The normalized spacial score (nSPS) is 23.8. The van der Waals surface area contributed by atoms with Crippen LogP contribution in [-0.4, -0.2) is 34.9 Å². The van der Waals surface area contributed by atoms with E-state index in [1.54, 1.807) is 6.21 Å². The van der Waals surface area contributed by atoms with E-state index in [1.165, 1.54) is 10.8 Å². The second-order valence-corrected chi connectivity index (χ2v) is 2.68. The molecule has 11 heavy (non-hydrogen) atoms. The van der Waals surface area contributed by atoms with Crippen molar-refractivity contribution in [3.8, 4) is 0 Å². The number of carbonyl (C=O) groups is 2. The number of hydrogen-bond donors (Lipinski definition) is 0. The highest BCUT2D eigenvalue weighted by atomic mass is 16.2. The molecule has 0 radical (unpaired) electrons. The lowest BCUT2D eigenvalue weighted by Gasteiger charge is -1.96. The van der Waals surface area contributed by atoms with Crippen molar-refractivity contribution in [2.24, 2.45) is 4.99 Å². The number of nitrogens with zero attached hydrogens (tertiary/aromatic N) is 2. The molecule has 0 aromatic heterocycles. The lowest BCUT2D eigenvalue weighted by Crippen LogP contribution is -2.33. The molecule has 0 N–H and O–H groups in total. The van der Waals surface area contributed by atoms with Gasteiger partial charge < -0.3 is 0 Å². The molecule has 1 heterocycles. The quantitative estimate of drug-likeness (QED) is 0.370. The summed E-state index contributed by atoms with van der Waals surface area (Å²) in [5.41, 5.74) is 0. The van der Waals surface area contributed by atoms with Gasteiger partial charge in [-0.25, -0.2) is 9.79 Å². The molecule has 2 aliphatic rings. The third kappa shape index (κ3) is 1.00. The Kier molecular flexibility index (Phi) is 1.21. The maximum atomic E-state index is 11.0. The monoisotopic (exact) mass is 151 g/mol. The number of rotatable bonds is 1. The van der Waals surface area contributed by atoms with Crippen molar-refractivity contribution in [3.05, 3.63) is 0 Å². The van der Waals surface area contributed by atoms with Crippen molar-refractivity contribution in [2.75, 3.05) is 0 Å². The minimum atomic E-state index is -0.653. The predicted molar refractivity (Wildman–Crippen MR) is 37.9 cm³/mol. The Morgan fingerprint density at radius 2 is 2.18 bits per heavy atom. The van der Waals surface area contributed by atoms with E-state index in [9.17, 15) is 9.59 Å².